The Balaban J connectivity index is 1.45. The van der Waals surface area contributed by atoms with E-state index in [4.69, 9.17) is 0 Å². The maximum Gasteiger partial charge on any atom is 0.342 e. The second-order valence-electron chi connectivity index (χ2n) is 9.19. The molecule has 0 saturated carbocycles. The number of likely N-dealkylation sites (N-methyl/N-ethyl adjacent to an activating group) is 1. The molecule has 2 heterocycles. The largest absolute Gasteiger partial charge is 0.378 e. The standard InChI is InChI=1S/C27H27FN4O3/c1-27(2,35)13-12-19-4-7-21-8-11-23(25(33)31(3)24(21)15-19)30-26(34)32-17-20(16-29-32)14-18-5-9-22(28)10-6-18/h4-7,9-10,15-17,23,35H,8,11,14H2,1-3H3,(H,30,34)/t23-/m0/s1. The van der Waals surface area contributed by atoms with E-state index in [1.807, 2.05) is 18.2 Å². The third-order valence-corrected chi connectivity index (χ3v) is 5.75. The van der Waals surface area contributed by atoms with Crippen LogP contribution in [0.2, 0.25) is 0 Å². The number of carbonyl (C=O) groups is 2. The first-order valence-electron chi connectivity index (χ1n) is 11.3. The van der Waals surface area contributed by atoms with Gasteiger partial charge in [0.1, 0.15) is 17.5 Å². The number of fused-ring (bicyclic) bond motifs is 1. The van der Waals surface area contributed by atoms with Crippen molar-refractivity contribution in [3.63, 3.8) is 0 Å². The smallest absolute Gasteiger partial charge is 0.342 e. The molecular weight excluding hydrogens is 447 g/mol. The molecule has 1 aromatic heterocycles. The van der Waals surface area contributed by atoms with Gasteiger partial charge in [-0.15, -0.1) is 0 Å². The number of aryl methyl sites for hydroxylation is 1. The first-order chi connectivity index (χ1) is 16.6. The summed E-state index contributed by atoms with van der Waals surface area (Å²) in [5.74, 6) is 5.18. The van der Waals surface area contributed by atoms with Crippen molar-refractivity contribution in [3.05, 3.63) is 82.9 Å². The average Bonchev–Trinajstić information content (AvgIpc) is 3.25. The third kappa shape index (κ3) is 5.94. The number of hydrogen-bond donors (Lipinski definition) is 2. The Bertz CT molecular complexity index is 1310. The van der Waals surface area contributed by atoms with Gasteiger partial charge in [0.2, 0.25) is 5.91 Å². The summed E-state index contributed by atoms with van der Waals surface area (Å²) >= 11 is 0. The predicted molar refractivity (Wildman–Crippen MR) is 130 cm³/mol. The Morgan fingerprint density at radius 3 is 2.69 bits per heavy atom. The first-order valence-corrected chi connectivity index (χ1v) is 11.3. The van der Waals surface area contributed by atoms with Crippen LogP contribution < -0.4 is 10.2 Å². The number of nitrogens with one attached hydrogen (secondary N) is 1. The summed E-state index contributed by atoms with van der Waals surface area (Å²) < 4.78 is 14.3. The van der Waals surface area contributed by atoms with Crippen molar-refractivity contribution in [3.8, 4) is 11.8 Å². The maximum atomic E-state index is 13.2. The van der Waals surface area contributed by atoms with Crippen LogP contribution >= 0.6 is 0 Å². The van der Waals surface area contributed by atoms with E-state index in [1.54, 1.807) is 45.4 Å². The zero-order valence-electron chi connectivity index (χ0n) is 19.9. The van der Waals surface area contributed by atoms with Crippen molar-refractivity contribution in [2.75, 3.05) is 11.9 Å². The first kappa shape index (κ1) is 24.2. The molecular formula is C27H27FN4O3. The Morgan fingerprint density at radius 1 is 1.23 bits per heavy atom. The van der Waals surface area contributed by atoms with Gasteiger partial charge in [-0.1, -0.05) is 30.0 Å². The third-order valence-electron chi connectivity index (χ3n) is 5.75. The summed E-state index contributed by atoms with van der Waals surface area (Å²) in [7, 11) is 1.67. The van der Waals surface area contributed by atoms with E-state index in [-0.39, 0.29) is 11.7 Å². The predicted octanol–water partition coefficient (Wildman–Crippen LogP) is 3.27. The second kappa shape index (κ2) is 9.72. The number of amides is 2. The van der Waals surface area contributed by atoms with Crippen molar-refractivity contribution in [1.82, 2.24) is 15.1 Å². The van der Waals surface area contributed by atoms with E-state index in [1.165, 1.54) is 21.7 Å². The maximum absolute atomic E-state index is 13.2. The molecule has 180 valence electrons. The zero-order chi connectivity index (χ0) is 25.2. The summed E-state index contributed by atoms with van der Waals surface area (Å²) in [5, 5.41) is 16.8. The summed E-state index contributed by atoms with van der Waals surface area (Å²) in [4.78, 5) is 27.5. The number of halogens is 1. The van der Waals surface area contributed by atoms with Gasteiger partial charge in [0.05, 0.1) is 6.20 Å². The van der Waals surface area contributed by atoms with Gasteiger partial charge in [-0.3, -0.25) is 4.79 Å². The minimum Gasteiger partial charge on any atom is -0.378 e. The Labute approximate surface area is 203 Å². The van der Waals surface area contributed by atoms with Crippen molar-refractivity contribution in [2.45, 2.75) is 44.8 Å². The number of carbonyl (C=O) groups excluding carboxylic acids is 2. The van der Waals surface area contributed by atoms with Gasteiger partial charge in [-0.2, -0.15) is 9.78 Å². The van der Waals surface area contributed by atoms with E-state index >= 15 is 0 Å². The number of benzene rings is 2. The molecule has 4 rings (SSSR count). The van der Waals surface area contributed by atoms with E-state index in [9.17, 15) is 19.1 Å². The molecule has 0 spiro atoms. The molecule has 2 N–H and O–H groups in total. The minimum absolute atomic E-state index is 0.233. The fraction of sp³-hybridized carbons (Fsp3) is 0.296. The normalized spacial score (nSPS) is 15.6. The number of rotatable bonds is 3. The van der Waals surface area contributed by atoms with Crippen LogP contribution in [-0.4, -0.2) is 45.5 Å². The molecule has 3 aromatic rings. The van der Waals surface area contributed by atoms with Crippen molar-refractivity contribution in [1.29, 1.82) is 0 Å². The molecule has 8 heteroatoms. The van der Waals surface area contributed by atoms with Gasteiger partial charge in [-0.05, 0) is 67.6 Å². The van der Waals surface area contributed by atoms with Gasteiger partial charge >= 0.3 is 6.03 Å². The number of aliphatic hydroxyl groups is 1. The van der Waals surface area contributed by atoms with Crippen LogP contribution in [0.4, 0.5) is 14.9 Å². The van der Waals surface area contributed by atoms with Crippen molar-refractivity contribution < 1.29 is 19.1 Å². The molecule has 2 amide bonds. The number of aromatic nitrogens is 2. The highest BCUT2D eigenvalue weighted by Gasteiger charge is 2.30. The van der Waals surface area contributed by atoms with Crippen LogP contribution in [-0.2, 0) is 17.6 Å². The van der Waals surface area contributed by atoms with Gasteiger partial charge in [-0.25, -0.2) is 9.18 Å². The lowest BCUT2D eigenvalue weighted by molar-refractivity contribution is -0.120. The Kier molecular flexibility index (Phi) is 6.72. The Hall–Kier alpha value is -3.96. The lowest BCUT2D eigenvalue weighted by Crippen LogP contribution is -2.48. The molecule has 2 aromatic carbocycles. The van der Waals surface area contributed by atoms with Crippen LogP contribution in [0.25, 0.3) is 0 Å². The van der Waals surface area contributed by atoms with Gasteiger partial charge < -0.3 is 15.3 Å². The molecule has 0 fully saturated rings. The number of nitrogens with zero attached hydrogens (tertiary/aromatic N) is 3. The summed E-state index contributed by atoms with van der Waals surface area (Å²) in [6, 6.07) is 10.6. The number of hydrogen-bond acceptors (Lipinski definition) is 4. The van der Waals surface area contributed by atoms with Gasteiger partial charge in [0.15, 0.2) is 0 Å². The highest BCUT2D eigenvalue weighted by molar-refractivity contribution is 6.00. The SMILES string of the molecule is CN1C(=O)[C@@H](NC(=O)n2cc(Cc3ccc(F)cc3)cn2)CCc2ccc(C#CC(C)(C)O)cc21. The lowest BCUT2D eigenvalue weighted by Gasteiger charge is -2.22. The fourth-order valence-corrected chi connectivity index (χ4v) is 3.92. The summed E-state index contributed by atoms with van der Waals surface area (Å²) in [6.45, 7) is 3.22. The zero-order valence-corrected chi connectivity index (χ0v) is 19.9. The molecule has 7 nitrogen and oxygen atoms in total. The monoisotopic (exact) mass is 474 g/mol. The van der Waals surface area contributed by atoms with Crippen LogP contribution in [0.15, 0.2) is 54.9 Å². The highest BCUT2D eigenvalue weighted by atomic mass is 19.1. The average molecular weight is 475 g/mol. The molecule has 0 radical (unpaired) electrons. The second-order valence-corrected chi connectivity index (χ2v) is 9.19. The minimum atomic E-state index is -1.12. The van der Waals surface area contributed by atoms with E-state index < -0.39 is 17.7 Å². The molecule has 0 bridgehead atoms. The van der Waals surface area contributed by atoms with Crippen molar-refractivity contribution >= 4 is 17.6 Å². The topological polar surface area (TPSA) is 87.5 Å². The molecule has 0 unspecified atom stereocenters. The summed E-state index contributed by atoms with van der Waals surface area (Å²) in [5.41, 5.74) is 2.98. The van der Waals surface area contributed by atoms with Gasteiger partial charge in [0, 0.05) is 30.9 Å². The highest BCUT2D eigenvalue weighted by Crippen LogP contribution is 2.27. The fourth-order valence-electron chi connectivity index (χ4n) is 3.92. The molecule has 0 saturated heterocycles. The van der Waals surface area contributed by atoms with Crippen LogP contribution in [0.5, 0.6) is 0 Å². The van der Waals surface area contributed by atoms with E-state index in [0.717, 1.165) is 22.4 Å². The van der Waals surface area contributed by atoms with E-state index in [0.29, 0.717) is 24.8 Å². The molecule has 1 atom stereocenters. The number of anilines is 1. The molecule has 35 heavy (non-hydrogen) atoms. The van der Waals surface area contributed by atoms with Crippen molar-refractivity contribution in [2.24, 2.45) is 0 Å². The quantitative estimate of drug-likeness (QED) is 0.571. The van der Waals surface area contributed by atoms with Crippen LogP contribution in [0, 0.1) is 17.7 Å². The molecule has 1 aliphatic rings. The molecule has 1 aliphatic heterocycles. The lowest BCUT2D eigenvalue weighted by atomic mass is 10.0. The van der Waals surface area contributed by atoms with Crippen LogP contribution in [0.1, 0.15) is 42.5 Å². The van der Waals surface area contributed by atoms with Crippen LogP contribution in [0.3, 0.4) is 0 Å². The van der Waals surface area contributed by atoms with Gasteiger partial charge in [0.25, 0.3) is 0 Å². The van der Waals surface area contributed by atoms with E-state index in [2.05, 4.69) is 22.3 Å². The Morgan fingerprint density at radius 2 is 1.97 bits per heavy atom. The summed E-state index contributed by atoms with van der Waals surface area (Å²) in [6.07, 6.45) is 4.74. The molecule has 0 aliphatic carbocycles.